The van der Waals surface area contributed by atoms with Crippen molar-refractivity contribution < 1.29 is 19.1 Å². The summed E-state index contributed by atoms with van der Waals surface area (Å²) in [7, 11) is 1.70. The zero-order valence-electron chi connectivity index (χ0n) is 10.1. The highest BCUT2D eigenvalue weighted by Crippen LogP contribution is 2.14. The summed E-state index contributed by atoms with van der Waals surface area (Å²) >= 11 is 0. The Hall–Kier alpha value is -1.98. The quantitative estimate of drug-likeness (QED) is 0.809. The second kappa shape index (κ2) is 5.38. The molecule has 1 rings (SSSR count). The maximum absolute atomic E-state index is 11.7. The minimum atomic E-state index is -1.14. The number of carboxylic acid groups (broad SMARTS) is 1. The second-order valence-electron chi connectivity index (χ2n) is 3.69. The van der Waals surface area contributed by atoms with Gasteiger partial charge in [0.15, 0.2) is 5.88 Å². The van der Waals surface area contributed by atoms with E-state index < -0.39 is 12.0 Å². The van der Waals surface area contributed by atoms with Crippen LogP contribution in [-0.2, 0) is 4.79 Å². The lowest BCUT2D eigenvalue weighted by molar-refractivity contribution is -0.130. The molecule has 0 radical (unpaired) electrons. The van der Waals surface area contributed by atoms with E-state index in [2.05, 4.69) is 5.32 Å². The zero-order chi connectivity index (χ0) is 13.0. The van der Waals surface area contributed by atoms with Crippen molar-refractivity contribution in [2.75, 3.05) is 18.9 Å². The molecule has 0 aromatic carbocycles. The lowest BCUT2D eigenvalue weighted by Gasteiger charge is -2.20. The number of nitrogens with zero attached hydrogens (tertiary/aromatic N) is 1. The molecule has 0 bridgehead atoms. The highest BCUT2D eigenvalue weighted by Gasteiger charge is 2.18. The van der Waals surface area contributed by atoms with Gasteiger partial charge in [-0.1, -0.05) is 0 Å². The van der Waals surface area contributed by atoms with Crippen LogP contribution < -0.4 is 5.32 Å². The fourth-order valence-corrected chi connectivity index (χ4v) is 1.29. The summed E-state index contributed by atoms with van der Waals surface area (Å²) in [4.78, 5) is 23.9. The molecule has 0 saturated carbocycles. The molecule has 0 aliphatic rings. The van der Waals surface area contributed by atoms with Crippen molar-refractivity contribution in [1.82, 2.24) is 4.90 Å². The van der Waals surface area contributed by atoms with E-state index in [1.807, 2.05) is 6.92 Å². The Morgan fingerprint density at radius 1 is 1.53 bits per heavy atom. The van der Waals surface area contributed by atoms with E-state index in [1.54, 1.807) is 18.9 Å². The number of carbonyl (C=O) groups excluding carboxylic acids is 1. The van der Waals surface area contributed by atoms with Gasteiger partial charge in [-0.05, 0) is 19.9 Å². The van der Waals surface area contributed by atoms with E-state index in [0.717, 1.165) is 0 Å². The van der Waals surface area contributed by atoms with E-state index in [9.17, 15) is 9.59 Å². The van der Waals surface area contributed by atoms with Crippen LogP contribution in [0.15, 0.2) is 16.5 Å². The molecule has 0 spiro atoms. The molecule has 6 nitrogen and oxygen atoms in total. The van der Waals surface area contributed by atoms with Gasteiger partial charge in [-0.2, -0.15) is 0 Å². The fourth-order valence-electron chi connectivity index (χ4n) is 1.29. The lowest BCUT2D eigenvalue weighted by atomic mass is 10.3. The summed E-state index contributed by atoms with van der Waals surface area (Å²) in [6.45, 7) is 4.18. The summed E-state index contributed by atoms with van der Waals surface area (Å²) in [6.07, 6.45) is 0. The van der Waals surface area contributed by atoms with Crippen molar-refractivity contribution in [3.63, 3.8) is 0 Å². The number of rotatable bonds is 5. The predicted molar refractivity (Wildman–Crippen MR) is 62.1 cm³/mol. The van der Waals surface area contributed by atoms with Crippen LogP contribution in [-0.4, -0.2) is 41.5 Å². The van der Waals surface area contributed by atoms with Crippen molar-refractivity contribution in [2.45, 2.75) is 19.9 Å². The van der Waals surface area contributed by atoms with Crippen molar-refractivity contribution in [1.29, 1.82) is 0 Å². The molecule has 1 heterocycles. The van der Waals surface area contributed by atoms with Crippen LogP contribution in [0.25, 0.3) is 0 Å². The van der Waals surface area contributed by atoms with Gasteiger partial charge in [-0.15, -0.1) is 0 Å². The first-order chi connectivity index (χ1) is 7.95. The Morgan fingerprint density at radius 3 is 2.65 bits per heavy atom. The molecule has 0 aliphatic carbocycles. The third-order valence-electron chi connectivity index (χ3n) is 2.40. The minimum absolute atomic E-state index is 0.0826. The van der Waals surface area contributed by atoms with Gasteiger partial charge < -0.3 is 19.7 Å². The van der Waals surface area contributed by atoms with Crippen LogP contribution >= 0.6 is 0 Å². The second-order valence-corrected chi connectivity index (χ2v) is 3.69. The van der Waals surface area contributed by atoms with Gasteiger partial charge in [0.1, 0.15) is 6.04 Å². The molecule has 0 aliphatic heterocycles. The smallest absolute Gasteiger partial charge is 0.371 e. The number of nitrogens with one attached hydrogen (secondary N) is 1. The highest BCUT2D eigenvalue weighted by atomic mass is 16.4. The topological polar surface area (TPSA) is 82.8 Å². The predicted octanol–water partition coefficient (Wildman–Crippen LogP) is 1.26. The first-order valence-electron chi connectivity index (χ1n) is 5.30. The van der Waals surface area contributed by atoms with Crippen LogP contribution in [0.2, 0.25) is 0 Å². The maximum Gasteiger partial charge on any atom is 0.371 e. The number of amides is 1. The van der Waals surface area contributed by atoms with Gasteiger partial charge in [0.2, 0.25) is 11.7 Å². The van der Waals surface area contributed by atoms with Gasteiger partial charge in [0, 0.05) is 19.7 Å². The standard InChI is InChI=1S/C11H16N2O4/c1-4-13(3)10(14)7(2)12-9-6-5-8(17-9)11(15)16/h5-7,12H,4H2,1-3H3,(H,15,16). The van der Waals surface area contributed by atoms with E-state index in [4.69, 9.17) is 9.52 Å². The molecule has 0 fully saturated rings. The number of aromatic carboxylic acids is 1. The molecule has 6 heteroatoms. The Labute approximate surface area is 99.2 Å². The number of likely N-dealkylation sites (N-methyl/N-ethyl adjacent to an activating group) is 1. The van der Waals surface area contributed by atoms with E-state index in [-0.39, 0.29) is 17.6 Å². The molecule has 1 amide bonds. The van der Waals surface area contributed by atoms with Gasteiger partial charge in [0.05, 0.1) is 0 Å². The molecule has 1 unspecified atom stereocenters. The Bertz CT molecular complexity index is 413. The molecule has 1 atom stereocenters. The average Bonchev–Trinajstić information content (AvgIpc) is 2.75. The van der Waals surface area contributed by atoms with E-state index in [0.29, 0.717) is 6.54 Å². The normalized spacial score (nSPS) is 11.9. The molecular weight excluding hydrogens is 224 g/mol. The third-order valence-corrected chi connectivity index (χ3v) is 2.40. The Balaban J connectivity index is 2.64. The third kappa shape index (κ3) is 3.24. The number of carbonyl (C=O) groups is 2. The maximum atomic E-state index is 11.7. The highest BCUT2D eigenvalue weighted by molar-refractivity contribution is 5.86. The number of carboxylic acids is 1. The first kappa shape index (κ1) is 13.1. The average molecular weight is 240 g/mol. The van der Waals surface area contributed by atoms with E-state index >= 15 is 0 Å². The fraction of sp³-hybridized carbons (Fsp3) is 0.455. The van der Waals surface area contributed by atoms with Crippen LogP contribution in [0.3, 0.4) is 0 Å². The van der Waals surface area contributed by atoms with E-state index in [1.165, 1.54) is 12.1 Å². The van der Waals surface area contributed by atoms with Crippen molar-refractivity contribution >= 4 is 17.8 Å². The van der Waals surface area contributed by atoms with Crippen molar-refractivity contribution in [3.8, 4) is 0 Å². The van der Waals surface area contributed by atoms with Crippen molar-refractivity contribution in [3.05, 3.63) is 17.9 Å². The monoisotopic (exact) mass is 240 g/mol. The summed E-state index contributed by atoms with van der Waals surface area (Å²) in [5.41, 5.74) is 0. The summed E-state index contributed by atoms with van der Waals surface area (Å²) in [5.74, 6) is -1.10. The molecule has 2 N–H and O–H groups in total. The zero-order valence-corrected chi connectivity index (χ0v) is 10.1. The summed E-state index contributed by atoms with van der Waals surface area (Å²) in [5, 5.41) is 11.5. The van der Waals surface area contributed by atoms with Crippen LogP contribution in [0.5, 0.6) is 0 Å². The number of furan rings is 1. The van der Waals surface area contributed by atoms with Gasteiger partial charge in [0.25, 0.3) is 0 Å². The van der Waals surface area contributed by atoms with Gasteiger partial charge in [-0.25, -0.2) is 4.79 Å². The summed E-state index contributed by atoms with van der Waals surface area (Å²) < 4.78 is 5.00. The van der Waals surface area contributed by atoms with Crippen LogP contribution in [0, 0.1) is 0 Å². The molecule has 94 valence electrons. The molecule has 0 saturated heterocycles. The lowest BCUT2D eigenvalue weighted by Crippen LogP contribution is -2.38. The number of anilines is 1. The first-order valence-corrected chi connectivity index (χ1v) is 5.30. The Morgan fingerprint density at radius 2 is 2.18 bits per heavy atom. The number of hydrogen-bond donors (Lipinski definition) is 2. The summed E-state index contributed by atoms with van der Waals surface area (Å²) in [6, 6.07) is 2.36. The van der Waals surface area contributed by atoms with Crippen molar-refractivity contribution in [2.24, 2.45) is 0 Å². The Kier molecular flexibility index (Phi) is 4.14. The molecule has 17 heavy (non-hydrogen) atoms. The van der Waals surface area contributed by atoms with Gasteiger partial charge >= 0.3 is 5.97 Å². The SMILES string of the molecule is CCN(C)C(=O)C(C)Nc1ccc(C(=O)O)o1. The number of hydrogen-bond acceptors (Lipinski definition) is 4. The van der Waals surface area contributed by atoms with Gasteiger partial charge in [-0.3, -0.25) is 4.79 Å². The van der Waals surface area contributed by atoms with Crippen LogP contribution in [0.4, 0.5) is 5.88 Å². The largest absolute Gasteiger partial charge is 0.475 e. The van der Waals surface area contributed by atoms with Crippen LogP contribution in [0.1, 0.15) is 24.4 Å². The molecule has 1 aromatic heterocycles. The molecular formula is C11H16N2O4. The molecule has 1 aromatic rings. The minimum Gasteiger partial charge on any atom is -0.475 e.